The molecule has 104 valence electrons. The van der Waals surface area contributed by atoms with Gasteiger partial charge in [0, 0.05) is 23.5 Å². The Morgan fingerprint density at radius 3 is 2.89 bits per heavy atom. The number of hydrogen-bond donors (Lipinski definition) is 1. The third-order valence-electron chi connectivity index (χ3n) is 3.50. The molecule has 2 rings (SSSR count). The Morgan fingerprint density at radius 2 is 2.26 bits per heavy atom. The van der Waals surface area contributed by atoms with Gasteiger partial charge in [0.25, 0.3) is 0 Å². The lowest BCUT2D eigenvalue weighted by molar-refractivity contribution is -0.137. The Kier molecular flexibility index (Phi) is 4.87. The molecule has 0 bridgehead atoms. The predicted molar refractivity (Wildman–Crippen MR) is 81.1 cm³/mol. The summed E-state index contributed by atoms with van der Waals surface area (Å²) < 4.78 is 0.857. The zero-order valence-electron chi connectivity index (χ0n) is 10.9. The molecule has 1 fully saturated rings. The van der Waals surface area contributed by atoms with Gasteiger partial charge < -0.3 is 10.6 Å². The number of carbonyl (C=O) groups excluding carboxylic acids is 1. The standard InChI is InChI=1S/C14H18BrClN2O/c1-2-7-18-13(19)6-5-12(17)14(18)9-3-4-10(15)11(16)8-9/h3-4,8,12,14H,2,5-7,17H2,1H3. The molecular weight excluding hydrogens is 328 g/mol. The molecule has 0 aromatic heterocycles. The van der Waals surface area contributed by atoms with Crippen molar-refractivity contribution in [1.82, 2.24) is 4.90 Å². The van der Waals surface area contributed by atoms with E-state index in [-0.39, 0.29) is 18.0 Å². The van der Waals surface area contributed by atoms with Crippen LogP contribution in [0.3, 0.4) is 0 Å². The van der Waals surface area contributed by atoms with E-state index in [1.54, 1.807) is 0 Å². The minimum atomic E-state index is -0.0631. The molecule has 2 atom stereocenters. The van der Waals surface area contributed by atoms with Gasteiger partial charge in [-0.1, -0.05) is 24.6 Å². The van der Waals surface area contributed by atoms with Gasteiger partial charge in [0.2, 0.25) is 5.91 Å². The topological polar surface area (TPSA) is 46.3 Å². The molecule has 1 aliphatic heterocycles. The average molecular weight is 346 g/mol. The number of amides is 1. The number of hydrogen-bond acceptors (Lipinski definition) is 2. The van der Waals surface area contributed by atoms with Crippen LogP contribution in [0, 0.1) is 0 Å². The van der Waals surface area contributed by atoms with Crippen molar-refractivity contribution in [3.63, 3.8) is 0 Å². The zero-order valence-corrected chi connectivity index (χ0v) is 13.2. The minimum absolute atomic E-state index is 0.0264. The number of halogens is 2. The average Bonchev–Trinajstić information content (AvgIpc) is 2.38. The van der Waals surface area contributed by atoms with E-state index in [2.05, 4.69) is 22.9 Å². The highest BCUT2D eigenvalue weighted by atomic mass is 79.9. The first-order chi connectivity index (χ1) is 9.04. The molecule has 0 saturated carbocycles. The molecule has 0 aliphatic carbocycles. The van der Waals surface area contributed by atoms with Crippen molar-refractivity contribution in [3.8, 4) is 0 Å². The van der Waals surface area contributed by atoms with Crippen molar-refractivity contribution in [2.24, 2.45) is 5.73 Å². The quantitative estimate of drug-likeness (QED) is 0.911. The lowest BCUT2D eigenvalue weighted by Crippen LogP contribution is -2.49. The molecule has 1 aliphatic rings. The fourth-order valence-corrected chi connectivity index (χ4v) is 3.04. The van der Waals surface area contributed by atoms with E-state index in [4.69, 9.17) is 17.3 Å². The summed E-state index contributed by atoms with van der Waals surface area (Å²) in [7, 11) is 0. The Morgan fingerprint density at radius 1 is 1.53 bits per heavy atom. The van der Waals surface area contributed by atoms with Crippen LogP contribution in [-0.2, 0) is 4.79 Å². The molecule has 0 spiro atoms. The number of piperidine rings is 1. The van der Waals surface area contributed by atoms with E-state index in [0.717, 1.165) is 29.4 Å². The van der Waals surface area contributed by atoms with Crippen LogP contribution in [0.15, 0.2) is 22.7 Å². The van der Waals surface area contributed by atoms with Gasteiger partial charge in [0.1, 0.15) is 0 Å². The number of benzene rings is 1. The van der Waals surface area contributed by atoms with E-state index < -0.39 is 0 Å². The largest absolute Gasteiger partial charge is 0.334 e. The smallest absolute Gasteiger partial charge is 0.223 e. The van der Waals surface area contributed by atoms with Crippen molar-refractivity contribution in [2.75, 3.05) is 6.54 Å². The Bertz CT molecular complexity index is 481. The van der Waals surface area contributed by atoms with Crippen molar-refractivity contribution >= 4 is 33.4 Å². The lowest BCUT2D eigenvalue weighted by Gasteiger charge is -2.40. The molecule has 19 heavy (non-hydrogen) atoms. The number of likely N-dealkylation sites (tertiary alicyclic amines) is 1. The number of rotatable bonds is 3. The van der Waals surface area contributed by atoms with Gasteiger partial charge in [-0.25, -0.2) is 0 Å². The second kappa shape index (κ2) is 6.25. The van der Waals surface area contributed by atoms with Gasteiger partial charge >= 0.3 is 0 Å². The van der Waals surface area contributed by atoms with Gasteiger partial charge in [-0.05, 0) is 46.5 Å². The van der Waals surface area contributed by atoms with Crippen LogP contribution >= 0.6 is 27.5 Å². The summed E-state index contributed by atoms with van der Waals surface area (Å²) in [6, 6.07) is 5.71. The second-order valence-corrected chi connectivity index (χ2v) is 6.17. The Balaban J connectivity index is 2.36. The third-order valence-corrected chi connectivity index (χ3v) is 4.74. The van der Waals surface area contributed by atoms with Crippen LogP contribution in [0.1, 0.15) is 37.8 Å². The van der Waals surface area contributed by atoms with Crippen molar-refractivity contribution in [3.05, 3.63) is 33.3 Å². The van der Waals surface area contributed by atoms with Gasteiger partial charge in [0.05, 0.1) is 11.1 Å². The fraction of sp³-hybridized carbons (Fsp3) is 0.500. The van der Waals surface area contributed by atoms with Gasteiger partial charge in [-0.15, -0.1) is 0 Å². The fourth-order valence-electron chi connectivity index (χ4n) is 2.61. The number of nitrogens with two attached hydrogens (primary N) is 1. The molecule has 2 N–H and O–H groups in total. The first kappa shape index (κ1) is 14.8. The molecule has 3 nitrogen and oxygen atoms in total. The van der Waals surface area contributed by atoms with E-state index in [9.17, 15) is 4.79 Å². The lowest BCUT2D eigenvalue weighted by atomic mass is 9.90. The van der Waals surface area contributed by atoms with Crippen LogP contribution in [-0.4, -0.2) is 23.4 Å². The summed E-state index contributed by atoms with van der Waals surface area (Å²) in [5.74, 6) is 0.188. The van der Waals surface area contributed by atoms with Gasteiger partial charge in [-0.3, -0.25) is 4.79 Å². The molecule has 1 saturated heterocycles. The maximum Gasteiger partial charge on any atom is 0.223 e. The van der Waals surface area contributed by atoms with Crippen LogP contribution < -0.4 is 5.73 Å². The molecule has 1 heterocycles. The predicted octanol–water partition coefficient (Wildman–Crippen LogP) is 3.50. The summed E-state index contributed by atoms with van der Waals surface area (Å²) in [5, 5.41) is 0.652. The summed E-state index contributed by atoms with van der Waals surface area (Å²) in [5.41, 5.74) is 7.25. The summed E-state index contributed by atoms with van der Waals surface area (Å²) in [6.07, 6.45) is 2.21. The molecule has 1 amide bonds. The molecule has 1 aromatic rings. The molecule has 2 unspecified atom stereocenters. The maximum absolute atomic E-state index is 12.1. The first-order valence-electron chi connectivity index (χ1n) is 6.54. The Labute approximate surface area is 127 Å². The second-order valence-electron chi connectivity index (χ2n) is 4.91. The van der Waals surface area contributed by atoms with E-state index in [1.807, 2.05) is 23.1 Å². The number of nitrogens with zero attached hydrogens (tertiary/aromatic N) is 1. The van der Waals surface area contributed by atoms with Crippen molar-refractivity contribution in [2.45, 2.75) is 38.3 Å². The summed E-state index contributed by atoms with van der Waals surface area (Å²) >= 11 is 9.53. The molecule has 5 heteroatoms. The number of carbonyl (C=O) groups is 1. The van der Waals surface area contributed by atoms with Crippen LogP contribution in [0.5, 0.6) is 0 Å². The maximum atomic E-state index is 12.1. The first-order valence-corrected chi connectivity index (χ1v) is 7.71. The highest BCUT2D eigenvalue weighted by Gasteiger charge is 2.34. The monoisotopic (exact) mass is 344 g/mol. The normalized spacial score (nSPS) is 23.8. The van der Waals surface area contributed by atoms with Crippen LogP contribution in [0.4, 0.5) is 0 Å². The van der Waals surface area contributed by atoms with Gasteiger partial charge in [0.15, 0.2) is 0 Å². The van der Waals surface area contributed by atoms with Crippen LogP contribution in [0.25, 0.3) is 0 Å². The summed E-state index contributed by atoms with van der Waals surface area (Å²) in [6.45, 7) is 2.81. The highest BCUT2D eigenvalue weighted by molar-refractivity contribution is 9.10. The van der Waals surface area contributed by atoms with Crippen molar-refractivity contribution < 1.29 is 4.79 Å². The molecule has 1 aromatic carbocycles. The third kappa shape index (κ3) is 3.12. The molecule has 0 radical (unpaired) electrons. The van der Waals surface area contributed by atoms with E-state index >= 15 is 0 Å². The Hall–Kier alpha value is -0.580. The van der Waals surface area contributed by atoms with E-state index in [1.165, 1.54) is 0 Å². The summed E-state index contributed by atoms with van der Waals surface area (Å²) in [4.78, 5) is 14.0. The SMILES string of the molecule is CCCN1C(=O)CCC(N)C1c1ccc(Br)c(Cl)c1. The van der Waals surface area contributed by atoms with Gasteiger partial charge in [-0.2, -0.15) is 0 Å². The minimum Gasteiger partial charge on any atom is -0.334 e. The van der Waals surface area contributed by atoms with Crippen LogP contribution in [0.2, 0.25) is 5.02 Å². The van der Waals surface area contributed by atoms with Crippen molar-refractivity contribution in [1.29, 1.82) is 0 Å². The molecular formula is C14H18BrClN2O. The zero-order chi connectivity index (χ0) is 14.0. The highest BCUT2D eigenvalue weighted by Crippen LogP contribution is 2.34. The van der Waals surface area contributed by atoms with E-state index in [0.29, 0.717) is 11.4 Å².